The number of anilines is 1. The molecule has 2 aromatic heterocycles. The third kappa shape index (κ3) is 2.22. The molecular formula is C14H11FN4. The molecule has 94 valence electrons. The van der Waals surface area contributed by atoms with Gasteiger partial charge in [-0.15, -0.1) is 0 Å². The first-order chi connectivity index (χ1) is 9.26. The maximum atomic E-state index is 13.1. The fraction of sp³-hybridized carbons (Fsp3) is 0.0714. The van der Waals surface area contributed by atoms with Crippen molar-refractivity contribution in [3.8, 4) is 11.1 Å². The van der Waals surface area contributed by atoms with E-state index < -0.39 is 5.95 Å². The highest BCUT2D eigenvalue weighted by Gasteiger charge is 2.04. The van der Waals surface area contributed by atoms with Gasteiger partial charge in [0.2, 0.25) is 5.95 Å². The van der Waals surface area contributed by atoms with E-state index in [1.54, 1.807) is 19.3 Å². The number of pyridine rings is 1. The molecule has 4 nitrogen and oxygen atoms in total. The van der Waals surface area contributed by atoms with Gasteiger partial charge in [-0.1, -0.05) is 6.07 Å². The summed E-state index contributed by atoms with van der Waals surface area (Å²) in [4.78, 5) is 12.3. The van der Waals surface area contributed by atoms with Gasteiger partial charge in [0.1, 0.15) is 5.82 Å². The van der Waals surface area contributed by atoms with E-state index in [0.717, 1.165) is 22.2 Å². The van der Waals surface area contributed by atoms with Gasteiger partial charge < -0.3 is 5.32 Å². The fourth-order valence-corrected chi connectivity index (χ4v) is 1.89. The van der Waals surface area contributed by atoms with Crippen molar-refractivity contribution in [3.05, 3.63) is 48.7 Å². The van der Waals surface area contributed by atoms with Crippen molar-refractivity contribution in [1.82, 2.24) is 15.0 Å². The molecule has 0 atom stereocenters. The quantitative estimate of drug-likeness (QED) is 0.714. The van der Waals surface area contributed by atoms with Gasteiger partial charge in [0.15, 0.2) is 0 Å². The molecule has 0 unspecified atom stereocenters. The summed E-state index contributed by atoms with van der Waals surface area (Å²) in [5.41, 5.74) is 3.22. The molecule has 19 heavy (non-hydrogen) atoms. The van der Waals surface area contributed by atoms with Crippen LogP contribution in [0.1, 0.15) is 0 Å². The van der Waals surface area contributed by atoms with Crippen molar-refractivity contribution in [3.63, 3.8) is 0 Å². The van der Waals surface area contributed by atoms with Crippen molar-refractivity contribution in [2.45, 2.75) is 0 Å². The molecule has 0 fully saturated rings. The second-order valence-corrected chi connectivity index (χ2v) is 4.08. The van der Waals surface area contributed by atoms with E-state index in [1.165, 1.54) is 12.3 Å². The highest BCUT2D eigenvalue weighted by molar-refractivity contribution is 5.82. The molecule has 0 saturated heterocycles. The van der Waals surface area contributed by atoms with E-state index in [-0.39, 0.29) is 0 Å². The molecule has 0 aliphatic heterocycles. The zero-order chi connectivity index (χ0) is 13.2. The minimum Gasteiger partial charge on any atom is -0.372 e. The van der Waals surface area contributed by atoms with Crippen LogP contribution in [0.2, 0.25) is 0 Å². The topological polar surface area (TPSA) is 50.7 Å². The summed E-state index contributed by atoms with van der Waals surface area (Å²) in [5, 5.41) is 2.94. The van der Waals surface area contributed by atoms with E-state index in [9.17, 15) is 4.39 Å². The zero-order valence-electron chi connectivity index (χ0n) is 10.3. The number of fused-ring (bicyclic) bond motifs is 1. The maximum absolute atomic E-state index is 13.1. The summed E-state index contributed by atoms with van der Waals surface area (Å²) in [6.45, 7) is 0. The number of rotatable bonds is 2. The Balaban J connectivity index is 2.15. The molecule has 0 bridgehead atoms. The Hall–Kier alpha value is -2.56. The van der Waals surface area contributed by atoms with Crippen molar-refractivity contribution in [1.29, 1.82) is 0 Å². The molecule has 0 amide bonds. The number of benzene rings is 1. The van der Waals surface area contributed by atoms with Crippen LogP contribution in [0.4, 0.5) is 10.2 Å². The summed E-state index contributed by atoms with van der Waals surface area (Å²) in [6.07, 6.45) is 3.12. The molecule has 2 heterocycles. The molecular weight excluding hydrogens is 243 g/mol. The lowest BCUT2D eigenvalue weighted by atomic mass is 10.1. The number of halogens is 1. The Morgan fingerprint density at radius 2 is 1.84 bits per heavy atom. The van der Waals surface area contributed by atoms with E-state index in [0.29, 0.717) is 5.82 Å². The van der Waals surface area contributed by atoms with Crippen LogP contribution in [0.5, 0.6) is 0 Å². The van der Waals surface area contributed by atoms with Crippen LogP contribution >= 0.6 is 0 Å². The Kier molecular flexibility index (Phi) is 2.79. The third-order valence-electron chi connectivity index (χ3n) is 2.86. The second-order valence-electron chi connectivity index (χ2n) is 4.08. The smallest absolute Gasteiger partial charge is 0.213 e. The van der Waals surface area contributed by atoms with Crippen molar-refractivity contribution >= 4 is 16.9 Å². The van der Waals surface area contributed by atoms with Crippen LogP contribution < -0.4 is 5.32 Å². The first kappa shape index (κ1) is 11.5. The van der Waals surface area contributed by atoms with Gasteiger partial charge in [-0.2, -0.15) is 4.39 Å². The molecule has 0 spiro atoms. The largest absolute Gasteiger partial charge is 0.372 e. The van der Waals surface area contributed by atoms with Crippen LogP contribution in [-0.2, 0) is 0 Å². The van der Waals surface area contributed by atoms with Crippen molar-refractivity contribution in [2.24, 2.45) is 0 Å². The Bertz CT molecular complexity index is 742. The van der Waals surface area contributed by atoms with Gasteiger partial charge in [0, 0.05) is 19.3 Å². The molecule has 0 saturated carbocycles. The average molecular weight is 254 g/mol. The monoisotopic (exact) mass is 254 g/mol. The van der Waals surface area contributed by atoms with Crippen LogP contribution in [0.25, 0.3) is 22.2 Å². The second kappa shape index (κ2) is 4.61. The van der Waals surface area contributed by atoms with Crippen molar-refractivity contribution in [2.75, 3.05) is 12.4 Å². The Labute approximate surface area is 109 Å². The Morgan fingerprint density at radius 1 is 1.00 bits per heavy atom. The predicted molar refractivity (Wildman–Crippen MR) is 72.3 cm³/mol. The predicted octanol–water partition coefficient (Wildman–Crippen LogP) is 2.87. The van der Waals surface area contributed by atoms with E-state index in [2.05, 4.69) is 20.3 Å². The Morgan fingerprint density at radius 3 is 2.63 bits per heavy atom. The molecule has 5 heteroatoms. The lowest BCUT2D eigenvalue weighted by molar-refractivity contribution is 0.584. The standard InChI is InChI=1S/C14H11FN4/c1-16-14-8-18-11-3-2-9(6-12(11)19-14)10-4-5-17-13(15)7-10/h2-8H,1H3,(H,16,19). The first-order valence-corrected chi connectivity index (χ1v) is 5.83. The summed E-state index contributed by atoms with van der Waals surface area (Å²) in [6, 6.07) is 8.81. The van der Waals surface area contributed by atoms with E-state index in [1.807, 2.05) is 18.2 Å². The molecule has 0 aliphatic rings. The van der Waals surface area contributed by atoms with Crippen LogP contribution in [-0.4, -0.2) is 22.0 Å². The highest BCUT2D eigenvalue weighted by Crippen LogP contribution is 2.23. The summed E-state index contributed by atoms with van der Waals surface area (Å²) < 4.78 is 13.1. The van der Waals surface area contributed by atoms with Gasteiger partial charge in [0.25, 0.3) is 0 Å². The lowest BCUT2D eigenvalue weighted by Crippen LogP contribution is -1.94. The van der Waals surface area contributed by atoms with Crippen LogP contribution in [0.3, 0.4) is 0 Å². The van der Waals surface area contributed by atoms with E-state index >= 15 is 0 Å². The molecule has 1 aromatic carbocycles. The van der Waals surface area contributed by atoms with Gasteiger partial charge >= 0.3 is 0 Å². The lowest BCUT2D eigenvalue weighted by Gasteiger charge is -2.05. The van der Waals surface area contributed by atoms with Gasteiger partial charge in [0.05, 0.1) is 17.2 Å². The minimum absolute atomic E-state index is 0.493. The number of aromatic nitrogens is 3. The number of nitrogens with zero attached hydrogens (tertiary/aromatic N) is 3. The molecule has 1 N–H and O–H groups in total. The maximum Gasteiger partial charge on any atom is 0.213 e. The molecule has 3 aromatic rings. The molecule has 0 aliphatic carbocycles. The van der Waals surface area contributed by atoms with Crippen LogP contribution in [0.15, 0.2) is 42.7 Å². The highest BCUT2D eigenvalue weighted by atomic mass is 19.1. The van der Waals surface area contributed by atoms with Crippen molar-refractivity contribution < 1.29 is 4.39 Å². The van der Waals surface area contributed by atoms with Gasteiger partial charge in [-0.3, -0.25) is 4.98 Å². The summed E-state index contributed by atoms with van der Waals surface area (Å²) in [7, 11) is 1.79. The van der Waals surface area contributed by atoms with Crippen LogP contribution in [0, 0.1) is 5.95 Å². The summed E-state index contributed by atoms with van der Waals surface area (Å²) >= 11 is 0. The van der Waals surface area contributed by atoms with Gasteiger partial charge in [-0.25, -0.2) is 9.97 Å². The van der Waals surface area contributed by atoms with E-state index in [4.69, 9.17) is 0 Å². The SMILES string of the molecule is CNc1cnc2ccc(-c3ccnc(F)c3)cc2n1. The fourth-order valence-electron chi connectivity index (χ4n) is 1.89. The third-order valence-corrected chi connectivity index (χ3v) is 2.86. The molecule has 3 rings (SSSR count). The minimum atomic E-state index is -0.493. The van der Waals surface area contributed by atoms with Gasteiger partial charge in [-0.05, 0) is 29.3 Å². The zero-order valence-corrected chi connectivity index (χ0v) is 10.3. The first-order valence-electron chi connectivity index (χ1n) is 5.83. The number of hydrogen-bond donors (Lipinski definition) is 1. The molecule has 0 radical (unpaired) electrons. The average Bonchev–Trinajstić information content (AvgIpc) is 2.46. The summed E-state index contributed by atoms with van der Waals surface area (Å²) in [5.74, 6) is 0.207. The number of nitrogens with one attached hydrogen (secondary N) is 1. The normalized spacial score (nSPS) is 10.6. The number of hydrogen-bond acceptors (Lipinski definition) is 4.